The standard InChI is InChI=1S/C18H20N4O3/c1-10-14(11(2)19-17-16(10)18(25)21-22(17)3)8-15(24)20-13-6-4-5-12(7-13)9-23/h4-7,23H,8-9H2,1-3H3,(H,20,24)(H,21,25). The Bertz CT molecular complexity index is 1020. The second-order valence-corrected chi connectivity index (χ2v) is 6.08. The smallest absolute Gasteiger partial charge is 0.273 e. The topological polar surface area (TPSA) is 100 Å². The summed E-state index contributed by atoms with van der Waals surface area (Å²) in [6, 6.07) is 7.04. The molecule has 3 N–H and O–H groups in total. The number of rotatable bonds is 4. The van der Waals surface area contributed by atoms with Crippen molar-refractivity contribution in [2.45, 2.75) is 26.9 Å². The van der Waals surface area contributed by atoms with Crippen LogP contribution < -0.4 is 10.9 Å². The van der Waals surface area contributed by atoms with Gasteiger partial charge in [-0.05, 0) is 42.7 Å². The number of aromatic amines is 1. The van der Waals surface area contributed by atoms with Gasteiger partial charge in [0.15, 0.2) is 5.65 Å². The molecule has 0 aliphatic carbocycles. The van der Waals surface area contributed by atoms with E-state index in [-0.39, 0.29) is 24.5 Å². The van der Waals surface area contributed by atoms with Gasteiger partial charge in [-0.25, -0.2) is 4.98 Å². The van der Waals surface area contributed by atoms with Crippen LogP contribution in [0, 0.1) is 13.8 Å². The maximum atomic E-state index is 12.4. The highest BCUT2D eigenvalue weighted by Crippen LogP contribution is 2.21. The number of hydrogen-bond acceptors (Lipinski definition) is 4. The molecule has 3 aromatic rings. The zero-order valence-corrected chi connectivity index (χ0v) is 14.4. The zero-order chi connectivity index (χ0) is 18.1. The number of amides is 1. The first-order valence-corrected chi connectivity index (χ1v) is 7.95. The molecule has 7 heteroatoms. The van der Waals surface area contributed by atoms with Gasteiger partial charge in [0.2, 0.25) is 5.91 Å². The minimum absolute atomic E-state index is 0.0840. The molecule has 0 saturated carbocycles. The molecule has 0 radical (unpaired) electrons. The lowest BCUT2D eigenvalue weighted by Gasteiger charge is -2.11. The van der Waals surface area contributed by atoms with Crippen LogP contribution in [0.25, 0.3) is 11.0 Å². The maximum absolute atomic E-state index is 12.4. The van der Waals surface area contributed by atoms with Crippen molar-refractivity contribution in [3.05, 3.63) is 57.0 Å². The van der Waals surface area contributed by atoms with Crippen LogP contribution in [0.15, 0.2) is 29.1 Å². The van der Waals surface area contributed by atoms with Gasteiger partial charge in [0.25, 0.3) is 5.56 Å². The molecule has 0 spiro atoms. The number of aliphatic hydroxyl groups excluding tert-OH is 1. The van der Waals surface area contributed by atoms with Crippen molar-refractivity contribution in [1.29, 1.82) is 0 Å². The van der Waals surface area contributed by atoms with Gasteiger partial charge < -0.3 is 10.4 Å². The molecule has 25 heavy (non-hydrogen) atoms. The number of H-pyrrole nitrogens is 1. The van der Waals surface area contributed by atoms with Crippen LogP contribution >= 0.6 is 0 Å². The second-order valence-electron chi connectivity index (χ2n) is 6.08. The van der Waals surface area contributed by atoms with Crippen molar-refractivity contribution in [3.63, 3.8) is 0 Å². The van der Waals surface area contributed by atoms with Crippen LogP contribution in [0.3, 0.4) is 0 Å². The first-order chi connectivity index (χ1) is 11.9. The third-order valence-corrected chi connectivity index (χ3v) is 4.31. The van der Waals surface area contributed by atoms with E-state index in [0.29, 0.717) is 16.7 Å². The highest BCUT2D eigenvalue weighted by atomic mass is 16.3. The van der Waals surface area contributed by atoms with Crippen molar-refractivity contribution in [2.24, 2.45) is 7.05 Å². The summed E-state index contributed by atoms with van der Waals surface area (Å²) < 4.78 is 1.59. The van der Waals surface area contributed by atoms with Crippen molar-refractivity contribution in [2.75, 3.05) is 5.32 Å². The molecule has 2 aromatic heterocycles. The van der Waals surface area contributed by atoms with Gasteiger partial charge in [-0.3, -0.25) is 19.4 Å². The van der Waals surface area contributed by atoms with E-state index in [1.807, 2.05) is 13.8 Å². The summed E-state index contributed by atoms with van der Waals surface area (Å²) in [5.74, 6) is -0.199. The van der Waals surface area contributed by atoms with Crippen molar-refractivity contribution >= 4 is 22.6 Å². The van der Waals surface area contributed by atoms with E-state index in [4.69, 9.17) is 0 Å². The van der Waals surface area contributed by atoms with Gasteiger partial charge in [0.1, 0.15) is 0 Å². The molecule has 0 fully saturated rings. The summed E-state index contributed by atoms with van der Waals surface area (Å²) in [4.78, 5) is 29.0. The van der Waals surface area contributed by atoms with Crippen LogP contribution in [0.4, 0.5) is 5.69 Å². The molecular weight excluding hydrogens is 320 g/mol. The van der Waals surface area contributed by atoms with Crippen LogP contribution in [0.2, 0.25) is 0 Å². The summed E-state index contributed by atoms with van der Waals surface area (Å²) in [5, 5.41) is 15.2. The van der Waals surface area contributed by atoms with Gasteiger partial charge >= 0.3 is 0 Å². The number of aryl methyl sites for hydroxylation is 3. The number of carbonyl (C=O) groups is 1. The minimum atomic E-state index is -0.209. The Hall–Kier alpha value is -2.93. The molecule has 1 aromatic carbocycles. The molecule has 2 heterocycles. The Morgan fingerprint density at radius 3 is 2.84 bits per heavy atom. The molecule has 1 amide bonds. The summed E-state index contributed by atoms with van der Waals surface area (Å²) in [6.07, 6.45) is 0.123. The van der Waals surface area contributed by atoms with Crippen LogP contribution in [-0.2, 0) is 24.9 Å². The zero-order valence-electron chi connectivity index (χ0n) is 14.4. The predicted molar refractivity (Wildman–Crippen MR) is 95.5 cm³/mol. The Morgan fingerprint density at radius 1 is 1.36 bits per heavy atom. The van der Waals surface area contributed by atoms with Crippen molar-refractivity contribution < 1.29 is 9.90 Å². The number of carbonyl (C=O) groups excluding carboxylic acids is 1. The molecule has 7 nitrogen and oxygen atoms in total. The number of hydrogen-bond donors (Lipinski definition) is 3. The normalized spacial score (nSPS) is 11.0. The van der Waals surface area contributed by atoms with Gasteiger partial charge in [-0.1, -0.05) is 12.1 Å². The first-order valence-electron chi connectivity index (χ1n) is 7.95. The SMILES string of the molecule is Cc1nc2c(c(C)c1CC(=O)Nc1cccc(CO)c1)c(=O)[nH]n2C. The van der Waals surface area contributed by atoms with E-state index < -0.39 is 0 Å². The number of aromatic nitrogens is 3. The quantitative estimate of drug-likeness (QED) is 0.671. The molecular formula is C18H20N4O3. The highest BCUT2D eigenvalue weighted by Gasteiger charge is 2.17. The van der Waals surface area contributed by atoms with Crippen LogP contribution in [0.5, 0.6) is 0 Å². The first kappa shape index (κ1) is 16.9. The van der Waals surface area contributed by atoms with E-state index in [2.05, 4.69) is 15.4 Å². The fourth-order valence-corrected chi connectivity index (χ4v) is 3.02. The third kappa shape index (κ3) is 3.18. The molecule has 0 aliphatic rings. The lowest BCUT2D eigenvalue weighted by atomic mass is 10.0. The molecule has 0 unspecified atom stereocenters. The van der Waals surface area contributed by atoms with E-state index in [9.17, 15) is 14.7 Å². The average molecular weight is 340 g/mol. The monoisotopic (exact) mass is 340 g/mol. The maximum Gasteiger partial charge on any atom is 0.273 e. The molecule has 0 bridgehead atoms. The Kier molecular flexibility index (Phi) is 4.41. The number of nitrogens with one attached hydrogen (secondary N) is 2. The van der Waals surface area contributed by atoms with E-state index in [1.54, 1.807) is 36.0 Å². The van der Waals surface area contributed by atoms with Gasteiger partial charge in [0.05, 0.1) is 18.4 Å². The lowest BCUT2D eigenvalue weighted by Crippen LogP contribution is -2.17. The highest BCUT2D eigenvalue weighted by molar-refractivity contribution is 5.93. The second kappa shape index (κ2) is 6.52. The van der Waals surface area contributed by atoms with E-state index >= 15 is 0 Å². The fraction of sp³-hybridized carbons (Fsp3) is 0.278. The fourth-order valence-electron chi connectivity index (χ4n) is 3.02. The molecule has 0 saturated heterocycles. The lowest BCUT2D eigenvalue weighted by molar-refractivity contribution is -0.115. The summed E-state index contributed by atoms with van der Waals surface area (Å²) in [7, 11) is 1.73. The number of nitrogens with zero attached hydrogens (tertiary/aromatic N) is 2. The van der Waals surface area contributed by atoms with Gasteiger partial charge in [-0.15, -0.1) is 0 Å². The summed E-state index contributed by atoms with van der Waals surface area (Å²) in [5.41, 5.74) is 3.96. The number of anilines is 1. The number of pyridine rings is 1. The molecule has 0 atom stereocenters. The van der Waals surface area contributed by atoms with Gasteiger partial charge in [0, 0.05) is 18.4 Å². The van der Waals surface area contributed by atoms with Crippen LogP contribution in [0.1, 0.15) is 22.4 Å². The Labute approximate surface area is 144 Å². The predicted octanol–water partition coefficient (Wildman–Crippen LogP) is 1.55. The minimum Gasteiger partial charge on any atom is -0.392 e. The molecule has 0 aliphatic heterocycles. The van der Waals surface area contributed by atoms with Crippen molar-refractivity contribution in [1.82, 2.24) is 14.8 Å². The summed E-state index contributed by atoms with van der Waals surface area (Å²) in [6.45, 7) is 3.58. The Balaban J connectivity index is 1.90. The Morgan fingerprint density at radius 2 is 2.12 bits per heavy atom. The van der Waals surface area contributed by atoms with E-state index in [0.717, 1.165) is 22.4 Å². The average Bonchev–Trinajstić information content (AvgIpc) is 2.85. The van der Waals surface area contributed by atoms with Crippen molar-refractivity contribution in [3.8, 4) is 0 Å². The molecule has 130 valence electrons. The third-order valence-electron chi connectivity index (χ3n) is 4.31. The molecule has 3 rings (SSSR count). The van der Waals surface area contributed by atoms with E-state index in [1.165, 1.54) is 0 Å². The largest absolute Gasteiger partial charge is 0.392 e. The number of fused-ring (bicyclic) bond motifs is 1. The number of aliphatic hydroxyl groups is 1. The van der Waals surface area contributed by atoms with Gasteiger partial charge in [-0.2, -0.15) is 0 Å². The summed E-state index contributed by atoms with van der Waals surface area (Å²) >= 11 is 0. The number of benzene rings is 1. The van der Waals surface area contributed by atoms with Crippen LogP contribution in [-0.4, -0.2) is 25.8 Å².